The van der Waals surface area contributed by atoms with Crippen molar-refractivity contribution in [3.05, 3.63) is 52.0 Å². The number of aromatic amines is 2. The molecular formula is C20H23N3O2. The molecule has 5 heteroatoms. The summed E-state index contributed by atoms with van der Waals surface area (Å²) in [6.45, 7) is 8.01. The number of carbonyl (C=O) groups is 1. The van der Waals surface area contributed by atoms with Gasteiger partial charge in [0.1, 0.15) is 0 Å². The molecule has 1 aliphatic heterocycles. The van der Waals surface area contributed by atoms with Gasteiger partial charge in [0.15, 0.2) is 0 Å². The minimum atomic E-state index is -0.340. The van der Waals surface area contributed by atoms with Crippen molar-refractivity contribution < 1.29 is 9.53 Å². The van der Waals surface area contributed by atoms with Gasteiger partial charge in [-0.2, -0.15) is 0 Å². The predicted octanol–water partition coefficient (Wildman–Crippen LogP) is 4.19. The Hall–Kier alpha value is -2.82. The number of nitrogens with one attached hydrogen (secondary N) is 2. The van der Waals surface area contributed by atoms with Crippen molar-refractivity contribution in [2.45, 2.75) is 34.1 Å². The van der Waals surface area contributed by atoms with E-state index >= 15 is 0 Å². The van der Waals surface area contributed by atoms with Crippen molar-refractivity contribution in [3.8, 4) is 11.4 Å². The average molecular weight is 337 g/mol. The largest absolute Gasteiger partial charge is 0.465 e. The first-order valence-electron chi connectivity index (χ1n) is 8.40. The number of methoxy groups -OCH3 is 1. The zero-order chi connectivity index (χ0) is 18.1. The lowest BCUT2D eigenvalue weighted by molar-refractivity contribution is -0.135. The number of carbonyl (C=O) groups excluding carboxylic acids is 1. The van der Waals surface area contributed by atoms with E-state index in [-0.39, 0.29) is 5.97 Å². The highest BCUT2D eigenvalue weighted by Crippen LogP contribution is 2.32. The van der Waals surface area contributed by atoms with Crippen LogP contribution in [-0.4, -0.2) is 28.8 Å². The lowest BCUT2D eigenvalue weighted by Gasteiger charge is -2.02. The van der Waals surface area contributed by atoms with E-state index in [1.54, 1.807) is 0 Å². The first-order valence-corrected chi connectivity index (χ1v) is 8.40. The van der Waals surface area contributed by atoms with Crippen molar-refractivity contribution in [2.24, 2.45) is 4.99 Å². The van der Waals surface area contributed by atoms with Crippen molar-refractivity contribution in [2.75, 3.05) is 7.11 Å². The molecule has 1 aliphatic rings. The number of nitrogens with zero attached hydrogens (tertiary/aromatic N) is 1. The molecule has 3 rings (SSSR count). The molecule has 3 heterocycles. The average Bonchev–Trinajstić information content (AvgIpc) is 3.27. The van der Waals surface area contributed by atoms with E-state index in [1.165, 1.54) is 18.2 Å². The summed E-state index contributed by atoms with van der Waals surface area (Å²) in [5.74, 6) is -0.340. The Morgan fingerprint density at radius 1 is 1.32 bits per heavy atom. The molecule has 2 aromatic rings. The molecule has 0 radical (unpaired) electrons. The highest BCUT2D eigenvalue weighted by atomic mass is 16.5. The van der Waals surface area contributed by atoms with E-state index in [9.17, 15) is 4.79 Å². The highest BCUT2D eigenvalue weighted by molar-refractivity contribution is 6.22. The SMILES string of the molecule is CCc1c(/C=C2\N=C(C)C(C(=O)OC)=C2C)[nH]c(-c2ccc[nH]2)c1C. The summed E-state index contributed by atoms with van der Waals surface area (Å²) < 4.78 is 4.87. The summed E-state index contributed by atoms with van der Waals surface area (Å²) in [5.41, 5.74) is 8.55. The number of ether oxygens (including phenoxy) is 1. The maximum atomic E-state index is 12.0. The normalized spacial score (nSPS) is 15.9. The summed E-state index contributed by atoms with van der Waals surface area (Å²) in [5, 5.41) is 0. The number of H-pyrrole nitrogens is 2. The fraction of sp³-hybridized carbons (Fsp3) is 0.300. The van der Waals surface area contributed by atoms with Crippen LogP contribution in [-0.2, 0) is 16.0 Å². The van der Waals surface area contributed by atoms with Crippen LogP contribution in [0.2, 0.25) is 0 Å². The van der Waals surface area contributed by atoms with E-state index < -0.39 is 0 Å². The van der Waals surface area contributed by atoms with Crippen LogP contribution in [0, 0.1) is 6.92 Å². The molecule has 0 aliphatic carbocycles. The number of hydrogen-bond donors (Lipinski definition) is 2. The minimum Gasteiger partial charge on any atom is -0.465 e. The summed E-state index contributed by atoms with van der Waals surface area (Å²) in [7, 11) is 1.39. The third kappa shape index (κ3) is 2.86. The second-order valence-corrected chi connectivity index (χ2v) is 6.17. The summed E-state index contributed by atoms with van der Waals surface area (Å²) in [4.78, 5) is 23.3. The molecule has 25 heavy (non-hydrogen) atoms. The number of rotatable bonds is 4. The first kappa shape index (κ1) is 17.0. The van der Waals surface area contributed by atoms with Crippen LogP contribution >= 0.6 is 0 Å². The molecular weight excluding hydrogens is 314 g/mol. The van der Waals surface area contributed by atoms with Gasteiger partial charge in [0.05, 0.1) is 35.5 Å². The van der Waals surface area contributed by atoms with E-state index in [1.807, 2.05) is 38.3 Å². The van der Waals surface area contributed by atoms with Gasteiger partial charge in [-0.1, -0.05) is 6.92 Å². The number of allylic oxidation sites excluding steroid dienone is 1. The fourth-order valence-corrected chi connectivity index (χ4v) is 3.39. The predicted molar refractivity (Wildman–Crippen MR) is 100 cm³/mol. The molecule has 5 nitrogen and oxygen atoms in total. The van der Waals surface area contributed by atoms with Crippen LogP contribution < -0.4 is 0 Å². The van der Waals surface area contributed by atoms with E-state index in [0.717, 1.165) is 34.8 Å². The van der Waals surface area contributed by atoms with Crippen LogP contribution in [0.1, 0.15) is 37.6 Å². The van der Waals surface area contributed by atoms with E-state index in [2.05, 4.69) is 28.8 Å². The van der Waals surface area contributed by atoms with Crippen LogP contribution in [0.4, 0.5) is 0 Å². The Morgan fingerprint density at radius 3 is 2.68 bits per heavy atom. The number of esters is 1. The van der Waals surface area contributed by atoms with Crippen LogP contribution in [0.3, 0.4) is 0 Å². The second kappa shape index (κ2) is 6.59. The third-order valence-corrected chi connectivity index (χ3v) is 4.71. The molecule has 0 bridgehead atoms. The van der Waals surface area contributed by atoms with Crippen LogP contribution in [0.5, 0.6) is 0 Å². The maximum Gasteiger partial charge on any atom is 0.340 e. The lowest BCUT2D eigenvalue weighted by atomic mass is 10.0. The second-order valence-electron chi connectivity index (χ2n) is 6.17. The number of hydrogen-bond acceptors (Lipinski definition) is 3. The Labute approximate surface area is 147 Å². The molecule has 0 spiro atoms. The van der Waals surface area contributed by atoms with Crippen molar-refractivity contribution >= 4 is 17.8 Å². The van der Waals surface area contributed by atoms with Gasteiger partial charge in [-0.3, -0.25) is 4.99 Å². The van der Waals surface area contributed by atoms with Crippen LogP contribution in [0.25, 0.3) is 17.5 Å². The third-order valence-electron chi connectivity index (χ3n) is 4.71. The Balaban J connectivity index is 2.10. The zero-order valence-corrected chi connectivity index (χ0v) is 15.3. The smallest absolute Gasteiger partial charge is 0.340 e. The topological polar surface area (TPSA) is 70.2 Å². The molecule has 2 N–H and O–H groups in total. The van der Waals surface area contributed by atoms with E-state index in [4.69, 9.17) is 4.74 Å². The fourth-order valence-electron chi connectivity index (χ4n) is 3.39. The minimum absolute atomic E-state index is 0.340. The molecule has 0 fully saturated rings. The van der Waals surface area contributed by atoms with Gasteiger partial charge in [-0.05, 0) is 62.1 Å². The first-order chi connectivity index (χ1) is 12.0. The van der Waals surface area contributed by atoms with Gasteiger partial charge in [0, 0.05) is 11.9 Å². The van der Waals surface area contributed by atoms with Crippen molar-refractivity contribution in [1.82, 2.24) is 9.97 Å². The summed E-state index contributed by atoms with van der Waals surface area (Å²) >= 11 is 0. The Morgan fingerprint density at radius 2 is 2.08 bits per heavy atom. The van der Waals surface area contributed by atoms with Gasteiger partial charge in [0.25, 0.3) is 0 Å². The quantitative estimate of drug-likeness (QED) is 0.821. The van der Waals surface area contributed by atoms with Gasteiger partial charge < -0.3 is 14.7 Å². The number of aromatic nitrogens is 2. The van der Waals surface area contributed by atoms with Gasteiger partial charge in [-0.15, -0.1) is 0 Å². The Bertz CT molecular complexity index is 909. The summed E-state index contributed by atoms with van der Waals surface area (Å²) in [6, 6.07) is 4.03. The molecule has 2 aromatic heterocycles. The summed E-state index contributed by atoms with van der Waals surface area (Å²) in [6.07, 6.45) is 4.85. The van der Waals surface area contributed by atoms with E-state index in [0.29, 0.717) is 11.3 Å². The maximum absolute atomic E-state index is 12.0. The molecule has 0 saturated heterocycles. The lowest BCUT2D eigenvalue weighted by Crippen LogP contribution is -2.10. The zero-order valence-electron chi connectivity index (χ0n) is 15.3. The highest BCUT2D eigenvalue weighted by Gasteiger charge is 2.25. The molecule has 0 atom stereocenters. The molecule has 0 unspecified atom stereocenters. The van der Waals surface area contributed by atoms with Crippen molar-refractivity contribution in [1.29, 1.82) is 0 Å². The van der Waals surface area contributed by atoms with Crippen molar-refractivity contribution in [3.63, 3.8) is 0 Å². The standard InChI is InChI=1S/C20H23N3O2/c1-6-14-11(2)19(15-8-7-9-21-15)23-17(14)10-16-12(3)18(13(4)22-16)20(24)25-5/h7-10,21,23H,6H2,1-5H3/b16-10-. The number of aliphatic imine (C=N–C) groups is 1. The monoisotopic (exact) mass is 337 g/mol. The van der Waals surface area contributed by atoms with Gasteiger partial charge in [-0.25, -0.2) is 4.79 Å². The van der Waals surface area contributed by atoms with Gasteiger partial charge in [0.2, 0.25) is 0 Å². The molecule has 0 amide bonds. The molecule has 130 valence electrons. The van der Waals surface area contributed by atoms with Crippen LogP contribution in [0.15, 0.2) is 40.2 Å². The molecule has 0 aromatic carbocycles. The van der Waals surface area contributed by atoms with Gasteiger partial charge >= 0.3 is 5.97 Å². The Kier molecular flexibility index (Phi) is 4.49. The molecule has 0 saturated carbocycles.